The minimum atomic E-state index is -0.0656. The minimum Gasteiger partial charge on any atom is -0.484 e. The van der Waals surface area contributed by atoms with Gasteiger partial charge < -0.3 is 4.74 Å². The van der Waals surface area contributed by atoms with Crippen molar-refractivity contribution in [2.45, 2.75) is 13.8 Å². The lowest BCUT2D eigenvalue weighted by molar-refractivity contribution is 0.0921. The summed E-state index contributed by atoms with van der Waals surface area (Å²) in [6.45, 7) is 3.97. The zero-order chi connectivity index (χ0) is 14.7. The predicted octanol–water partition coefficient (Wildman–Crippen LogP) is 4.98. The molecule has 0 spiro atoms. The maximum absolute atomic E-state index is 12.1. The molecule has 2 aromatic carbocycles. The molecule has 0 saturated carbocycles. The van der Waals surface area contributed by atoms with Crippen LogP contribution in [0.3, 0.4) is 0 Å². The first kappa shape index (κ1) is 15.1. The van der Waals surface area contributed by atoms with Crippen LogP contribution in [-0.2, 0) is 0 Å². The van der Waals surface area contributed by atoms with Crippen LogP contribution in [-0.4, -0.2) is 12.4 Å². The van der Waals surface area contributed by atoms with Gasteiger partial charge in [0.15, 0.2) is 12.4 Å². The predicted molar refractivity (Wildman–Crippen MR) is 84.9 cm³/mol. The highest BCUT2D eigenvalue weighted by Crippen LogP contribution is 2.28. The average Bonchev–Trinajstić information content (AvgIpc) is 2.42. The molecule has 0 saturated heterocycles. The fourth-order valence-electron chi connectivity index (χ4n) is 1.73. The van der Waals surface area contributed by atoms with Gasteiger partial charge in [-0.05, 0) is 49.2 Å². The standard InChI is InChI=1S/C16H14BrClO2/c1-10-3-4-12(7-11(10)2)15(19)9-20-16-8-13(17)5-6-14(16)18/h3-8H,9H2,1-2H3. The Morgan fingerprint density at radius 3 is 2.60 bits per heavy atom. The van der Waals surface area contributed by atoms with Crippen molar-refractivity contribution in [1.82, 2.24) is 0 Å². The SMILES string of the molecule is Cc1ccc(C(=O)COc2cc(Br)ccc2Cl)cc1C. The summed E-state index contributed by atoms with van der Waals surface area (Å²) in [4.78, 5) is 12.1. The first-order chi connectivity index (χ1) is 9.47. The smallest absolute Gasteiger partial charge is 0.200 e. The molecule has 0 atom stereocenters. The number of aryl methyl sites for hydroxylation is 2. The molecule has 0 aromatic heterocycles. The summed E-state index contributed by atoms with van der Waals surface area (Å²) >= 11 is 9.36. The van der Waals surface area contributed by atoms with Gasteiger partial charge in [0.05, 0.1) is 5.02 Å². The van der Waals surface area contributed by atoms with Gasteiger partial charge in [-0.3, -0.25) is 4.79 Å². The van der Waals surface area contributed by atoms with Crippen LogP contribution in [0.4, 0.5) is 0 Å². The lowest BCUT2D eigenvalue weighted by atomic mass is 10.0. The fourth-order valence-corrected chi connectivity index (χ4v) is 2.24. The van der Waals surface area contributed by atoms with Crippen molar-refractivity contribution in [3.05, 3.63) is 62.6 Å². The van der Waals surface area contributed by atoms with Gasteiger partial charge >= 0.3 is 0 Å². The van der Waals surface area contributed by atoms with Crippen LogP contribution in [0.15, 0.2) is 40.9 Å². The molecular formula is C16H14BrClO2. The van der Waals surface area contributed by atoms with Gasteiger partial charge in [0.25, 0.3) is 0 Å². The minimum absolute atomic E-state index is 0.0291. The summed E-state index contributed by atoms with van der Waals surface area (Å²) in [6, 6.07) is 10.9. The molecule has 0 N–H and O–H groups in total. The molecule has 0 aliphatic carbocycles. The van der Waals surface area contributed by atoms with Crippen molar-refractivity contribution in [1.29, 1.82) is 0 Å². The van der Waals surface area contributed by atoms with E-state index >= 15 is 0 Å². The Kier molecular flexibility index (Phi) is 4.84. The van der Waals surface area contributed by atoms with E-state index in [1.165, 1.54) is 0 Å². The third-order valence-corrected chi connectivity index (χ3v) is 3.89. The molecule has 20 heavy (non-hydrogen) atoms. The van der Waals surface area contributed by atoms with E-state index in [0.29, 0.717) is 16.3 Å². The van der Waals surface area contributed by atoms with Crippen molar-refractivity contribution in [3.63, 3.8) is 0 Å². The monoisotopic (exact) mass is 352 g/mol. The number of ketones is 1. The molecule has 0 unspecified atom stereocenters. The van der Waals surface area contributed by atoms with Crippen LogP contribution in [0, 0.1) is 13.8 Å². The molecular weight excluding hydrogens is 340 g/mol. The number of Topliss-reactive ketones (excluding diaryl/α,β-unsaturated/α-hetero) is 1. The van der Waals surface area contributed by atoms with Gasteiger partial charge in [0.1, 0.15) is 5.75 Å². The molecule has 2 aromatic rings. The van der Waals surface area contributed by atoms with Crippen molar-refractivity contribution < 1.29 is 9.53 Å². The Labute approximate surface area is 131 Å². The van der Waals surface area contributed by atoms with E-state index in [1.54, 1.807) is 12.1 Å². The molecule has 2 rings (SSSR count). The van der Waals surface area contributed by atoms with Crippen molar-refractivity contribution >= 4 is 33.3 Å². The molecule has 0 fully saturated rings. The van der Waals surface area contributed by atoms with Crippen LogP contribution in [0.2, 0.25) is 5.02 Å². The third kappa shape index (κ3) is 3.62. The summed E-state index contributed by atoms with van der Waals surface area (Å²) < 4.78 is 6.35. The van der Waals surface area contributed by atoms with Crippen LogP contribution in [0.1, 0.15) is 21.5 Å². The van der Waals surface area contributed by atoms with Crippen LogP contribution >= 0.6 is 27.5 Å². The van der Waals surface area contributed by atoms with E-state index in [1.807, 2.05) is 38.1 Å². The maximum atomic E-state index is 12.1. The van der Waals surface area contributed by atoms with Crippen molar-refractivity contribution in [2.24, 2.45) is 0 Å². The summed E-state index contributed by atoms with van der Waals surface area (Å²) in [6.07, 6.45) is 0. The molecule has 4 heteroatoms. The third-order valence-electron chi connectivity index (χ3n) is 3.08. The molecule has 0 aliphatic heterocycles. The quantitative estimate of drug-likeness (QED) is 0.725. The van der Waals surface area contributed by atoms with Gasteiger partial charge in [-0.2, -0.15) is 0 Å². The molecule has 0 bridgehead atoms. The highest BCUT2D eigenvalue weighted by atomic mass is 79.9. The Bertz CT molecular complexity index is 653. The number of carbonyl (C=O) groups excluding carboxylic acids is 1. The lowest BCUT2D eigenvalue weighted by Crippen LogP contribution is -2.12. The number of halogens is 2. The first-order valence-electron chi connectivity index (χ1n) is 6.15. The Morgan fingerprint density at radius 2 is 1.90 bits per heavy atom. The molecule has 0 radical (unpaired) electrons. The van der Waals surface area contributed by atoms with Gasteiger partial charge in [0.2, 0.25) is 0 Å². The Hall–Kier alpha value is -1.32. The van der Waals surface area contributed by atoms with Crippen molar-refractivity contribution in [2.75, 3.05) is 6.61 Å². The Balaban J connectivity index is 2.08. The largest absolute Gasteiger partial charge is 0.484 e. The summed E-state index contributed by atoms with van der Waals surface area (Å²) in [5.74, 6) is 0.433. The highest BCUT2D eigenvalue weighted by molar-refractivity contribution is 9.10. The van der Waals surface area contributed by atoms with E-state index in [-0.39, 0.29) is 12.4 Å². The number of hydrogen-bond donors (Lipinski definition) is 0. The van der Waals surface area contributed by atoms with E-state index in [4.69, 9.17) is 16.3 Å². The fraction of sp³-hybridized carbons (Fsp3) is 0.188. The van der Waals surface area contributed by atoms with E-state index in [2.05, 4.69) is 15.9 Å². The Morgan fingerprint density at radius 1 is 1.15 bits per heavy atom. The number of hydrogen-bond acceptors (Lipinski definition) is 2. The van der Waals surface area contributed by atoms with Crippen LogP contribution in [0.25, 0.3) is 0 Å². The molecule has 2 nitrogen and oxygen atoms in total. The second kappa shape index (κ2) is 6.42. The normalized spacial score (nSPS) is 10.4. The van der Waals surface area contributed by atoms with Crippen LogP contribution < -0.4 is 4.74 Å². The average molecular weight is 354 g/mol. The summed E-state index contributed by atoms with van der Waals surface area (Å²) in [5, 5.41) is 0.487. The zero-order valence-corrected chi connectivity index (χ0v) is 13.6. The molecule has 104 valence electrons. The van der Waals surface area contributed by atoms with E-state index in [0.717, 1.165) is 15.6 Å². The van der Waals surface area contributed by atoms with Gasteiger partial charge in [-0.1, -0.05) is 39.7 Å². The molecule has 0 aliphatic rings. The number of benzene rings is 2. The van der Waals surface area contributed by atoms with Gasteiger partial charge in [0, 0.05) is 10.0 Å². The van der Waals surface area contributed by atoms with Crippen molar-refractivity contribution in [3.8, 4) is 5.75 Å². The second-order valence-corrected chi connectivity index (χ2v) is 5.91. The second-order valence-electron chi connectivity index (χ2n) is 4.59. The topological polar surface area (TPSA) is 26.3 Å². The first-order valence-corrected chi connectivity index (χ1v) is 7.33. The molecule has 0 heterocycles. The summed E-state index contributed by atoms with van der Waals surface area (Å²) in [5.41, 5.74) is 2.91. The van der Waals surface area contributed by atoms with E-state index < -0.39 is 0 Å². The lowest BCUT2D eigenvalue weighted by Gasteiger charge is -2.09. The number of rotatable bonds is 4. The zero-order valence-electron chi connectivity index (χ0n) is 11.2. The number of carbonyl (C=O) groups is 1. The maximum Gasteiger partial charge on any atom is 0.200 e. The number of ether oxygens (including phenoxy) is 1. The van der Waals surface area contributed by atoms with E-state index in [9.17, 15) is 4.79 Å². The van der Waals surface area contributed by atoms with Crippen LogP contribution in [0.5, 0.6) is 5.75 Å². The van der Waals surface area contributed by atoms with Gasteiger partial charge in [-0.15, -0.1) is 0 Å². The molecule has 0 amide bonds. The van der Waals surface area contributed by atoms with Gasteiger partial charge in [-0.25, -0.2) is 0 Å². The summed E-state index contributed by atoms with van der Waals surface area (Å²) in [7, 11) is 0. The highest BCUT2D eigenvalue weighted by Gasteiger charge is 2.10.